The van der Waals surface area contributed by atoms with Crippen LogP contribution in [0.1, 0.15) is 35.4 Å². The summed E-state index contributed by atoms with van der Waals surface area (Å²) < 4.78 is 22.8. The summed E-state index contributed by atoms with van der Waals surface area (Å²) in [5.74, 6) is 0.716. The summed E-state index contributed by atoms with van der Waals surface area (Å²) in [5, 5.41) is 10.6. The Labute approximate surface area is 158 Å². The van der Waals surface area contributed by atoms with Crippen LogP contribution in [0.2, 0.25) is 0 Å². The number of nitrogens with two attached hydrogens (primary N) is 1. The molecule has 0 aliphatic heterocycles. The Morgan fingerprint density at radius 1 is 1.15 bits per heavy atom. The highest BCUT2D eigenvalue weighted by atomic mass is 32.2. The zero-order valence-electron chi connectivity index (χ0n) is 14.5. The fraction of sp³-hybridized carbons (Fsp3) is 0.211. The topological polar surface area (TPSA) is 86.3 Å². The van der Waals surface area contributed by atoms with E-state index in [9.17, 15) is 8.42 Å². The van der Waals surface area contributed by atoms with E-state index >= 15 is 0 Å². The van der Waals surface area contributed by atoms with Gasteiger partial charge in [-0.15, -0.1) is 11.3 Å². The average molecular weight is 389 g/mol. The van der Waals surface area contributed by atoms with Gasteiger partial charge in [0, 0.05) is 11.6 Å². The summed E-state index contributed by atoms with van der Waals surface area (Å²) in [7, 11) is -3.71. The van der Waals surface area contributed by atoms with Crippen molar-refractivity contribution in [2.75, 3.05) is 5.32 Å². The van der Waals surface area contributed by atoms with Gasteiger partial charge >= 0.3 is 0 Å². The van der Waals surface area contributed by atoms with E-state index in [0.717, 1.165) is 18.4 Å². The lowest BCUT2D eigenvalue weighted by Crippen LogP contribution is -2.21. The molecule has 0 aliphatic rings. The smallest absolute Gasteiger partial charge is 0.262 e. The third-order valence-corrected chi connectivity index (χ3v) is 5.94. The number of benzene rings is 1. The molecule has 136 valence electrons. The van der Waals surface area contributed by atoms with Gasteiger partial charge in [-0.1, -0.05) is 43.7 Å². The first-order chi connectivity index (χ1) is 12.5. The zero-order chi connectivity index (χ0) is 18.6. The minimum atomic E-state index is -3.71. The van der Waals surface area contributed by atoms with Gasteiger partial charge in [-0.25, -0.2) is 18.5 Å². The lowest BCUT2D eigenvalue weighted by Gasteiger charge is -2.14. The van der Waals surface area contributed by atoms with E-state index in [4.69, 9.17) is 5.14 Å². The molecule has 1 atom stereocenters. The van der Waals surface area contributed by atoms with Gasteiger partial charge in [-0.3, -0.25) is 5.32 Å². The lowest BCUT2D eigenvalue weighted by molar-refractivity contribution is -0.364. The van der Waals surface area contributed by atoms with Crippen molar-refractivity contribution in [3.05, 3.63) is 76.1 Å². The Balaban J connectivity index is 1.88. The molecule has 0 spiro atoms. The van der Waals surface area contributed by atoms with Gasteiger partial charge in [0.2, 0.25) is 10.0 Å². The summed E-state index contributed by atoms with van der Waals surface area (Å²) in [6, 6.07) is 15.9. The van der Waals surface area contributed by atoms with Gasteiger partial charge in [-0.2, -0.15) is 0 Å². The second-order valence-electron chi connectivity index (χ2n) is 6.07. The van der Waals surface area contributed by atoms with Crippen LogP contribution in [0.5, 0.6) is 0 Å². The van der Waals surface area contributed by atoms with E-state index in [-0.39, 0.29) is 10.9 Å². The summed E-state index contributed by atoms with van der Waals surface area (Å²) in [4.78, 5) is 4.20. The van der Waals surface area contributed by atoms with E-state index < -0.39 is 10.0 Å². The number of thiophene rings is 1. The number of sulfonamides is 1. The Bertz CT molecular complexity index is 935. The van der Waals surface area contributed by atoms with Crippen molar-refractivity contribution in [2.24, 2.45) is 5.14 Å². The molecule has 26 heavy (non-hydrogen) atoms. The number of rotatable bonds is 7. The van der Waals surface area contributed by atoms with E-state index in [0.29, 0.717) is 5.82 Å². The molecule has 0 amide bonds. The molecule has 2 aromatic heterocycles. The fourth-order valence-corrected chi connectivity index (χ4v) is 4.06. The van der Waals surface area contributed by atoms with Gasteiger partial charge in [0.25, 0.3) is 5.82 Å². The number of hydrogen-bond acceptors (Lipinski definition) is 4. The number of aromatic nitrogens is 1. The monoisotopic (exact) mass is 388 g/mol. The third kappa shape index (κ3) is 4.49. The molecule has 2 heterocycles. The van der Waals surface area contributed by atoms with Crippen molar-refractivity contribution in [1.29, 1.82) is 0 Å². The van der Waals surface area contributed by atoms with Gasteiger partial charge in [0.1, 0.15) is 11.1 Å². The van der Waals surface area contributed by atoms with Crippen LogP contribution in [0.25, 0.3) is 0 Å². The van der Waals surface area contributed by atoms with E-state index in [1.54, 1.807) is 17.4 Å². The molecule has 7 heteroatoms. The molecule has 0 saturated carbocycles. The van der Waals surface area contributed by atoms with Crippen LogP contribution in [0.4, 0.5) is 5.82 Å². The van der Waals surface area contributed by atoms with Crippen LogP contribution in [0, 0.1) is 0 Å². The molecular weight excluding hydrogens is 366 g/mol. The van der Waals surface area contributed by atoms with E-state index in [1.165, 1.54) is 22.7 Å². The zero-order valence-corrected chi connectivity index (χ0v) is 16.1. The molecule has 4 N–H and O–H groups in total. The maximum atomic E-state index is 11.4. The largest absolute Gasteiger partial charge is 0.273 e. The van der Waals surface area contributed by atoms with Crippen molar-refractivity contribution >= 4 is 27.2 Å². The van der Waals surface area contributed by atoms with Crippen molar-refractivity contribution in [1.82, 2.24) is 0 Å². The second kappa shape index (κ2) is 7.99. The predicted octanol–water partition coefficient (Wildman–Crippen LogP) is 3.36. The first kappa shape index (κ1) is 18.6. The summed E-state index contributed by atoms with van der Waals surface area (Å²) >= 11 is 1.67. The molecule has 0 bridgehead atoms. The number of aromatic amines is 1. The van der Waals surface area contributed by atoms with Crippen molar-refractivity contribution in [2.45, 2.75) is 30.7 Å². The van der Waals surface area contributed by atoms with Gasteiger partial charge < -0.3 is 0 Å². The van der Waals surface area contributed by atoms with Crippen LogP contribution >= 0.6 is 11.3 Å². The molecule has 5 nitrogen and oxygen atoms in total. The minimum Gasteiger partial charge on any atom is -0.262 e. The maximum Gasteiger partial charge on any atom is 0.273 e. The summed E-state index contributed by atoms with van der Waals surface area (Å²) in [5.41, 5.74) is 2.47. The quantitative estimate of drug-likeness (QED) is 0.651. The first-order valence-corrected chi connectivity index (χ1v) is 10.8. The second-order valence-corrected chi connectivity index (χ2v) is 8.61. The molecule has 0 fully saturated rings. The number of primary sulfonamides is 1. The Morgan fingerprint density at radius 2 is 1.92 bits per heavy atom. The summed E-state index contributed by atoms with van der Waals surface area (Å²) in [6.45, 7) is 2.17. The van der Waals surface area contributed by atoms with Crippen molar-refractivity contribution < 1.29 is 13.4 Å². The molecule has 1 aromatic carbocycles. The van der Waals surface area contributed by atoms with Gasteiger partial charge in [-0.05, 0) is 29.5 Å². The normalized spacial score (nSPS) is 12.7. The number of H-pyrrole nitrogens is 1. The molecule has 3 rings (SSSR count). The molecule has 0 aliphatic carbocycles. The highest BCUT2D eigenvalue weighted by Gasteiger charge is 2.21. The number of anilines is 1. The van der Waals surface area contributed by atoms with Crippen LogP contribution in [-0.2, 0) is 16.4 Å². The molecule has 0 saturated heterocycles. The summed E-state index contributed by atoms with van der Waals surface area (Å²) in [6.07, 6.45) is 3.59. The minimum absolute atomic E-state index is 0.0257. The van der Waals surface area contributed by atoms with Crippen LogP contribution < -0.4 is 15.4 Å². The van der Waals surface area contributed by atoms with Crippen LogP contribution in [0.3, 0.4) is 0 Å². The number of pyridine rings is 1. The number of hydrogen-bond donors (Lipinski definition) is 2. The Morgan fingerprint density at radius 3 is 2.46 bits per heavy atom. The maximum absolute atomic E-state index is 11.4. The molecule has 3 aromatic rings. The predicted molar refractivity (Wildman–Crippen MR) is 105 cm³/mol. The van der Waals surface area contributed by atoms with Gasteiger partial charge in [0.15, 0.2) is 6.04 Å². The Kier molecular flexibility index (Phi) is 5.70. The number of aryl methyl sites for hydroxylation is 1. The molecule has 0 radical (unpaired) electrons. The molecule has 0 unspecified atom stereocenters. The van der Waals surface area contributed by atoms with Crippen LogP contribution in [0.15, 0.2) is 65.0 Å². The highest BCUT2D eigenvalue weighted by Crippen LogP contribution is 2.29. The van der Waals surface area contributed by atoms with Crippen molar-refractivity contribution in [3.8, 4) is 0 Å². The SMILES string of the molecule is CCCc1ccc([C@@H](Nc2ccc(S(N)(=O)=O)c[nH+]2)c2cccs2)cc1. The van der Waals surface area contributed by atoms with Crippen LogP contribution in [-0.4, -0.2) is 8.42 Å². The molecular formula is C19H22N3O2S2+. The lowest BCUT2D eigenvalue weighted by atomic mass is 10.0. The van der Waals surface area contributed by atoms with E-state index in [2.05, 4.69) is 47.6 Å². The standard InChI is InChI=1S/C19H21N3O2S2/c1-2-4-14-6-8-15(9-7-14)19(17-5-3-12-25-17)22-18-11-10-16(13-21-18)26(20,23)24/h3,5-13,19H,2,4H2,1H3,(H,21,22)(H2,20,23,24)/p+1/t19-/m1/s1. The number of nitrogens with one attached hydrogen (secondary N) is 2. The highest BCUT2D eigenvalue weighted by molar-refractivity contribution is 7.89. The Hall–Kier alpha value is -2.22. The van der Waals surface area contributed by atoms with E-state index in [1.807, 2.05) is 11.4 Å². The third-order valence-electron chi connectivity index (χ3n) is 4.09. The fourth-order valence-electron chi connectivity index (χ4n) is 2.77. The average Bonchev–Trinajstić information content (AvgIpc) is 3.15. The van der Waals surface area contributed by atoms with Gasteiger partial charge in [0.05, 0.1) is 4.88 Å². The first-order valence-electron chi connectivity index (χ1n) is 8.40. The van der Waals surface area contributed by atoms with Crippen molar-refractivity contribution in [3.63, 3.8) is 0 Å².